The summed E-state index contributed by atoms with van der Waals surface area (Å²) < 4.78 is 0. The molecule has 0 aliphatic rings. The molecule has 0 amide bonds. The summed E-state index contributed by atoms with van der Waals surface area (Å²) in [6.07, 6.45) is 4.24. The summed E-state index contributed by atoms with van der Waals surface area (Å²) in [6, 6.07) is 18.6. The highest BCUT2D eigenvalue weighted by atomic mass is 14.7. The van der Waals surface area contributed by atoms with E-state index < -0.39 is 0 Å². The zero-order valence-electron chi connectivity index (χ0n) is 12.4. The van der Waals surface area contributed by atoms with Gasteiger partial charge in [0.05, 0.1) is 5.69 Å². The number of aliphatic imine (C=N–C) groups is 1. The lowest BCUT2D eigenvalue weighted by molar-refractivity contribution is 0.889. The fourth-order valence-corrected chi connectivity index (χ4v) is 1.93. The molecule has 2 aromatic rings. The average Bonchev–Trinajstić information content (AvgIpc) is 2.46. The van der Waals surface area contributed by atoms with Crippen LogP contribution in [-0.2, 0) is 0 Å². The van der Waals surface area contributed by atoms with E-state index in [-0.39, 0.29) is 0 Å². The molecule has 2 aromatic carbocycles. The highest BCUT2D eigenvalue weighted by Crippen LogP contribution is 2.19. The number of hydrogen-bond acceptors (Lipinski definition) is 1. The maximum absolute atomic E-state index is 4.80. The first kappa shape index (κ1) is 14.3. The summed E-state index contributed by atoms with van der Waals surface area (Å²) in [7, 11) is 0. The summed E-state index contributed by atoms with van der Waals surface area (Å²) in [5, 5.41) is 0. The molecule has 0 unspecified atom stereocenters. The molecule has 0 atom stereocenters. The Balaban J connectivity index is 2.28. The van der Waals surface area contributed by atoms with Crippen molar-refractivity contribution >= 4 is 17.5 Å². The van der Waals surface area contributed by atoms with E-state index in [2.05, 4.69) is 57.2 Å². The van der Waals surface area contributed by atoms with E-state index >= 15 is 0 Å². The first-order chi connectivity index (χ1) is 9.66. The summed E-state index contributed by atoms with van der Waals surface area (Å²) >= 11 is 0. The minimum Gasteiger partial charge on any atom is -0.253 e. The number of aryl methyl sites for hydroxylation is 1. The van der Waals surface area contributed by atoms with Crippen LogP contribution in [0.1, 0.15) is 25.0 Å². The third-order valence-electron chi connectivity index (χ3n) is 3.20. The predicted octanol–water partition coefficient (Wildman–Crippen LogP) is 5.44. The largest absolute Gasteiger partial charge is 0.253 e. The lowest BCUT2D eigenvalue weighted by Gasteiger charge is -2.07. The van der Waals surface area contributed by atoms with E-state index in [9.17, 15) is 0 Å². The Hall–Kier alpha value is -2.15. The summed E-state index contributed by atoms with van der Waals surface area (Å²) in [4.78, 5) is 4.80. The highest BCUT2D eigenvalue weighted by Gasteiger charge is 2.03. The Morgan fingerprint density at radius 2 is 1.60 bits per heavy atom. The second kappa shape index (κ2) is 6.85. The first-order valence-corrected chi connectivity index (χ1v) is 7.04. The van der Waals surface area contributed by atoms with E-state index in [1.165, 1.54) is 11.1 Å². The van der Waals surface area contributed by atoms with Crippen LogP contribution in [-0.4, -0.2) is 5.71 Å². The molecule has 1 nitrogen and oxygen atoms in total. The molecule has 0 bridgehead atoms. The van der Waals surface area contributed by atoms with Crippen LogP contribution in [0.25, 0.3) is 6.08 Å². The number of allylic oxidation sites excluding steroid dienone is 1. The average molecular weight is 263 g/mol. The number of nitrogens with zero attached hydrogens (tertiary/aromatic N) is 1. The molecule has 0 radical (unpaired) electrons. The fraction of sp³-hybridized carbons (Fsp3) is 0.211. The van der Waals surface area contributed by atoms with Crippen molar-refractivity contribution in [1.82, 2.24) is 0 Å². The Morgan fingerprint density at radius 1 is 0.950 bits per heavy atom. The Bertz CT molecular complexity index is 607. The standard InChI is InChI=1S/C19H21N/c1-15(2)18(14-13-17-10-5-4-6-11-17)20-19-12-8-7-9-16(19)3/h4-15H,1-3H3/b14-13-,20-18+. The summed E-state index contributed by atoms with van der Waals surface area (Å²) in [6.45, 7) is 6.44. The zero-order chi connectivity index (χ0) is 14.4. The monoisotopic (exact) mass is 263 g/mol. The molecular weight excluding hydrogens is 242 g/mol. The third kappa shape index (κ3) is 3.92. The topological polar surface area (TPSA) is 12.4 Å². The molecule has 0 fully saturated rings. The Morgan fingerprint density at radius 3 is 2.25 bits per heavy atom. The number of benzene rings is 2. The van der Waals surface area contributed by atoms with Crippen LogP contribution in [0, 0.1) is 12.8 Å². The highest BCUT2D eigenvalue weighted by molar-refractivity contribution is 6.01. The van der Waals surface area contributed by atoms with Crippen molar-refractivity contribution in [1.29, 1.82) is 0 Å². The molecule has 0 saturated heterocycles. The summed E-state index contributed by atoms with van der Waals surface area (Å²) in [5.41, 5.74) is 4.56. The minimum atomic E-state index is 0.398. The van der Waals surface area contributed by atoms with Crippen molar-refractivity contribution in [2.24, 2.45) is 10.9 Å². The van der Waals surface area contributed by atoms with Gasteiger partial charge in [-0.1, -0.05) is 68.5 Å². The van der Waals surface area contributed by atoms with Crippen molar-refractivity contribution in [3.05, 3.63) is 71.8 Å². The quantitative estimate of drug-likeness (QED) is 0.651. The minimum absolute atomic E-state index is 0.398. The molecule has 0 heterocycles. The molecule has 0 N–H and O–H groups in total. The number of rotatable bonds is 4. The van der Waals surface area contributed by atoms with Gasteiger partial charge in [0.15, 0.2) is 0 Å². The van der Waals surface area contributed by atoms with E-state index in [1.54, 1.807) is 0 Å². The number of para-hydroxylation sites is 1. The zero-order valence-corrected chi connectivity index (χ0v) is 12.4. The van der Waals surface area contributed by atoms with E-state index in [1.807, 2.05) is 30.3 Å². The van der Waals surface area contributed by atoms with Gasteiger partial charge in [-0.25, -0.2) is 0 Å². The molecular formula is C19H21N. The van der Waals surface area contributed by atoms with Crippen LogP contribution < -0.4 is 0 Å². The van der Waals surface area contributed by atoms with Crippen LogP contribution in [0.4, 0.5) is 5.69 Å². The van der Waals surface area contributed by atoms with Crippen molar-refractivity contribution in [3.8, 4) is 0 Å². The normalized spacial score (nSPS) is 12.3. The van der Waals surface area contributed by atoms with Crippen LogP contribution in [0.15, 0.2) is 65.7 Å². The van der Waals surface area contributed by atoms with Crippen LogP contribution in [0.5, 0.6) is 0 Å². The predicted molar refractivity (Wildman–Crippen MR) is 88.6 cm³/mol. The SMILES string of the molecule is Cc1ccccc1/N=C(\C=C/c1ccccc1)C(C)C. The molecule has 0 aromatic heterocycles. The van der Waals surface area contributed by atoms with Gasteiger partial charge < -0.3 is 0 Å². The van der Waals surface area contributed by atoms with E-state index in [4.69, 9.17) is 4.99 Å². The second-order valence-electron chi connectivity index (χ2n) is 5.22. The van der Waals surface area contributed by atoms with Crippen molar-refractivity contribution in [2.75, 3.05) is 0 Å². The van der Waals surface area contributed by atoms with Gasteiger partial charge in [0.25, 0.3) is 0 Å². The Kier molecular flexibility index (Phi) is 4.89. The van der Waals surface area contributed by atoms with E-state index in [0.29, 0.717) is 5.92 Å². The molecule has 20 heavy (non-hydrogen) atoms. The Labute approximate surface area is 121 Å². The van der Waals surface area contributed by atoms with Gasteiger partial charge >= 0.3 is 0 Å². The molecule has 0 aliphatic heterocycles. The van der Waals surface area contributed by atoms with E-state index in [0.717, 1.165) is 11.4 Å². The van der Waals surface area contributed by atoms with Gasteiger partial charge in [-0.05, 0) is 36.1 Å². The first-order valence-electron chi connectivity index (χ1n) is 7.04. The van der Waals surface area contributed by atoms with Crippen LogP contribution in [0.3, 0.4) is 0 Å². The molecule has 2 rings (SSSR count). The van der Waals surface area contributed by atoms with Crippen molar-refractivity contribution < 1.29 is 0 Å². The van der Waals surface area contributed by atoms with Gasteiger partial charge in [0, 0.05) is 5.71 Å². The number of hydrogen-bond donors (Lipinski definition) is 0. The van der Waals surface area contributed by atoms with Gasteiger partial charge in [-0.2, -0.15) is 0 Å². The second-order valence-corrected chi connectivity index (χ2v) is 5.22. The van der Waals surface area contributed by atoms with Crippen LogP contribution >= 0.6 is 0 Å². The lowest BCUT2D eigenvalue weighted by Crippen LogP contribution is -2.03. The molecule has 0 spiro atoms. The maximum atomic E-state index is 4.80. The van der Waals surface area contributed by atoms with Crippen molar-refractivity contribution in [3.63, 3.8) is 0 Å². The fourth-order valence-electron chi connectivity index (χ4n) is 1.93. The van der Waals surface area contributed by atoms with Gasteiger partial charge in [0.1, 0.15) is 0 Å². The van der Waals surface area contributed by atoms with Gasteiger partial charge in [-0.3, -0.25) is 4.99 Å². The molecule has 102 valence electrons. The van der Waals surface area contributed by atoms with Crippen LogP contribution in [0.2, 0.25) is 0 Å². The lowest BCUT2D eigenvalue weighted by atomic mass is 10.1. The van der Waals surface area contributed by atoms with Gasteiger partial charge in [-0.15, -0.1) is 0 Å². The smallest absolute Gasteiger partial charge is 0.0662 e. The molecule has 1 heteroatoms. The molecule has 0 saturated carbocycles. The summed E-state index contributed by atoms with van der Waals surface area (Å²) in [5.74, 6) is 0.398. The maximum Gasteiger partial charge on any atom is 0.0662 e. The molecule has 0 aliphatic carbocycles. The van der Waals surface area contributed by atoms with Crippen molar-refractivity contribution in [2.45, 2.75) is 20.8 Å². The van der Waals surface area contributed by atoms with Gasteiger partial charge in [0.2, 0.25) is 0 Å². The third-order valence-corrected chi connectivity index (χ3v) is 3.20.